The SMILES string of the molecule is FC(F)(F)c1cnc(C/C=N\OCc2ccc(Cl)cc2Cl)c(Cl)c1. The number of benzene rings is 1. The van der Waals surface area contributed by atoms with Gasteiger partial charge < -0.3 is 4.84 Å². The van der Waals surface area contributed by atoms with Gasteiger partial charge in [0.05, 0.1) is 16.3 Å². The summed E-state index contributed by atoms with van der Waals surface area (Å²) in [5.41, 5.74) is 0.0623. The van der Waals surface area contributed by atoms with Crippen LogP contribution in [-0.2, 0) is 24.0 Å². The first-order valence-electron chi connectivity index (χ1n) is 6.56. The Hall–Kier alpha value is -1.50. The van der Waals surface area contributed by atoms with Crippen LogP contribution in [0.2, 0.25) is 15.1 Å². The zero-order valence-corrected chi connectivity index (χ0v) is 14.2. The number of halogens is 6. The summed E-state index contributed by atoms with van der Waals surface area (Å²) in [4.78, 5) is 8.76. The molecule has 0 aliphatic carbocycles. The highest BCUT2D eigenvalue weighted by molar-refractivity contribution is 6.35. The summed E-state index contributed by atoms with van der Waals surface area (Å²) in [5.74, 6) is 0. The predicted molar refractivity (Wildman–Crippen MR) is 87.7 cm³/mol. The molecule has 0 radical (unpaired) electrons. The Morgan fingerprint density at radius 3 is 2.50 bits per heavy atom. The largest absolute Gasteiger partial charge is 0.417 e. The van der Waals surface area contributed by atoms with Crippen LogP contribution in [0.3, 0.4) is 0 Å². The van der Waals surface area contributed by atoms with E-state index in [4.69, 9.17) is 39.6 Å². The number of alkyl halides is 3. The van der Waals surface area contributed by atoms with Gasteiger partial charge in [0.25, 0.3) is 0 Å². The lowest BCUT2D eigenvalue weighted by atomic mass is 10.2. The first-order valence-corrected chi connectivity index (χ1v) is 7.70. The van der Waals surface area contributed by atoms with Gasteiger partial charge in [-0.1, -0.05) is 46.0 Å². The Kier molecular flexibility index (Phi) is 6.32. The summed E-state index contributed by atoms with van der Waals surface area (Å²) in [5, 5.41) is 4.57. The maximum Gasteiger partial charge on any atom is 0.417 e. The van der Waals surface area contributed by atoms with Crippen LogP contribution >= 0.6 is 34.8 Å². The van der Waals surface area contributed by atoms with Crippen LogP contribution in [0.4, 0.5) is 13.2 Å². The molecule has 3 nitrogen and oxygen atoms in total. The van der Waals surface area contributed by atoms with Crippen LogP contribution in [-0.4, -0.2) is 11.2 Å². The van der Waals surface area contributed by atoms with Gasteiger partial charge in [-0.15, -0.1) is 0 Å². The molecule has 1 aromatic heterocycles. The van der Waals surface area contributed by atoms with Crippen molar-refractivity contribution >= 4 is 41.0 Å². The minimum absolute atomic E-state index is 0.0861. The molecule has 0 unspecified atom stereocenters. The lowest BCUT2D eigenvalue weighted by molar-refractivity contribution is -0.137. The van der Waals surface area contributed by atoms with Crippen LogP contribution in [0.15, 0.2) is 35.6 Å². The third-order valence-corrected chi connectivity index (χ3v) is 3.83. The first-order chi connectivity index (χ1) is 11.3. The van der Waals surface area contributed by atoms with Crippen molar-refractivity contribution in [3.05, 3.63) is 62.4 Å². The Morgan fingerprint density at radius 2 is 1.88 bits per heavy atom. The highest BCUT2D eigenvalue weighted by atomic mass is 35.5. The maximum absolute atomic E-state index is 12.5. The average molecular weight is 398 g/mol. The maximum atomic E-state index is 12.5. The third kappa shape index (κ3) is 5.26. The Labute approximate surface area is 151 Å². The van der Waals surface area contributed by atoms with Crippen LogP contribution in [0.25, 0.3) is 0 Å². The van der Waals surface area contributed by atoms with Crippen molar-refractivity contribution in [3.63, 3.8) is 0 Å². The van der Waals surface area contributed by atoms with Crippen LogP contribution < -0.4 is 0 Å². The molecule has 0 saturated carbocycles. The zero-order valence-electron chi connectivity index (χ0n) is 11.9. The number of hydrogen-bond acceptors (Lipinski definition) is 3. The van der Waals surface area contributed by atoms with E-state index in [9.17, 15) is 13.2 Å². The summed E-state index contributed by atoms with van der Waals surface area (Å²) in [7, 11) is 0. The summed E-state index contributed by atoms with van der Waals surface area (Å²) in [6.45, 7) is 0.126. The molecule has 0 aliphatic heterocycles. The predicted octanol–water partition coefficient (Wildman–Crippen LogP) is 5.81. The molecule has 2 rings (SSSR count). The van der Waals surface area contributed by atoms with E-state index in [1.165, 1.54) is 6.21 Å². The van der Waals surface area contributed by atoms with Gasteiger partial charge in [0.1, 0.15) is 6.61 Å². The second-order valence-corrected chi connectivity index (χ2v) is 5.90. The van der Waals surface area contributed by atoms with Crippen molar-refractivity contribution in [2.24, 2.45) is 5.16 Å². The summed E-state index contributed by atoms with van der Waals surface area (Å²) < 4.78 is 37.5. The molecule has 24 heavy (non-hydrogen) atoms. The first kappa shape index (κ1) is 18.8. The van der Waals surface area contributed by atoms with Crippen molar-refractivity contribution in [1.29, 1.82) is 0 Å². The summed E-state index contributed by atoms with van der Waals surface area (Å²) in [6, 6.07) is 5.78. The minimum Gasteiger partial charge on any atom is -0.391 e. The number of rotatable bonds is 5. The topological polar surface area (TPSA) is 34.5 Å². The molecule has 0 saturated heterocycles. The van der Waals surface area contributed by atoms with Crippen LogP contribution in [0.1, 0.15) is 16.8 Å². The van der Waals surface area contributed by atoms with Crippen molar-refractivity contribution in [2.45, 2.75) is 19.2 Å². The van der Waals surface area contributed by atoms with Gasteiger partial charge in [-0.05, 0) is 18.2 Å². The van der Waals surface area contributed by atoms with E-state index in [0.29, 0.717) is 15.6 Å². The van der Waals surface area contributed by atoms with E-state index >= 15 is 0 Å². The van der Waals surface area contributed by atoms with E-state index < -0.39 is 11.7 Å². The van der Waals surface area contributed by atoms with E-state index in [1.807, 2.05) is 0 Å². The van der Waals surface area contributed by atoms with Gasteiger partial charge in [-0.2, -0.15) is 13.2 Å². The lowest BCUT2D eigenvalue weighted by Crippen LogP contribution is -2.06. The normalized spacial score (nSPS) is 11.9. The fourth-order valence-corrected chi connectivity index (χ4v) is 2.40. The van der Waals surface area contributed by atoms with E-state index in [1.54, 1.807) is 18.2 Å². The Bertz CT molecular complexity index is 751. The Balaban J connectivity index is 1.90. The molecule has 0 aliphatic rings. The number of aromatic nitrogens is 1. The molecule has 0 fully saturated rings. The van der Waals surface area contributed by atoms with E-state index in [0.717, 1.165) is 12.3 Å². The second-order valence-electron chi connectivity index (χ2n) is 4.65. The fourth-order valence-electron chi connectivity index (χ4n) is 1.69. The van der Waals surface area contributed by atoms with Crippen LogP contribution in [0, 0.1) is 0 Å². The monoisotopic (exact) mass is 396 g/mol. The van der Waals surface area contributed by atoms with Gasteiger partial charge in [-0.25, -0.2) is 0 Å². The molecular formula is C15H10Cl3F3N2O. The summed E-state index contributed by atoms with van der Waals surface area (Å²) >= 11 is 17.5. The smallest absolute Gasteiger partial charge is 0.391 e. The average Bonchev–Trinajstić information content (AvgIpc) is 2.49. The second kappa shape index (κ2) is 8.05. The van der Waals surface area contributed by atoms with Gasteiger partial charge in [0.2, 0.25) is 0 Å². The molecule has 0 amide bonds. The number of nitrogens with zero attached hydrogens (tertiary/aromatic N) is 2. The highest BCUT2D eigenvalue weighted by Crippen LogP contribution is 2.31. The van der Waals surface area contributed by atoms with Crippen molar-refractivity contribution in [2.75, 3.05) is 0 Å². The molecule has 0 atom stereocenters. The van der Waals surface area contributed by atoms with Gasteiger partial charge >= 0.3 is 6.18 Å². The molecular weight excluding hydrogens is 388 g/mol. The highest BCUT2D eigenvalue weighted by Gasteiger charge is 2.31. The molecule has 0 N–H and O–H groups in total. The number of pyridine rings is 1. The van der Waals surface area contributed by atoms with Gasteiger partial charge in [0.15, 0.2) is 0 Å². The van der Waals surface area contributed by atoms with E-state index in [-0.39, 0.29) is 23.7 Å². The van der Waals surface area contributed by atoms with Crippen molar-refractivity contribution in [1.82, 2.24) is 4.98 Å². The molecule has 2 aromatic rings. The lowest BCUT2D eigenvalue weighted by Gasteiger charge is -2.07. The standard InChI is InChI=1S/C15H10Cl3F3N2O/c16-11-2-1-9(12(17)6-11)8-24-23-4-3-14-13(18)5-10(7-22-14)15(19,20)21/h1-2,4-7H,3,8H2/b23-4-. The fraction of sp³-hybridized carbons (Fsp3) is 0.200. The van der Waals surface area contributed by atoms with Gasteiger partial charge in [-0.3, -0.25) is 4.98 Å². The molecule has 1 heterocycles. The quantitative estimate of drug-likeness (QED) is 0.471. The molecule has 9 heteroatoms. The zero-order chi connectivity index (χ0) is 17.7. The molecule has 0 spiro atoms. The minimum atomic E-state index is -4.48. The van der Waals surface area contributed by atoms with Crippen LogP contribution in [0.5, 0.6) is 0 Å². The number of hydrogen-bond donors (Lipinski definition) is 0. The third-order valence-electron chi connectivity index (χ3n) is 2.91. The van der Waals surface area contributed by atoms with Crippen molar-refractivity contribution in [3.8, 4) is 0 Å². The summed E-state index contributed by atoms with van der Waals surface area (Å²) in [6.07, 6.45) is -2.27. The number of oxime groups is 1. The van der Waals surface area contributed by atoms with Crippen molar-refractivity contribution < 1.29 is 18.0 Å². The molecule has 0 bridgehead atoms. The van der Waals surface area contributed by atoms with Gasteiger partial charge in [0, 0.05) is 34.4 Å². The molecule has 128 valence electrons. The molecule has 1 aromatic carbocycles. The Morgan fingerprint density at radius 1 is 1.12 bits per heavy atom. The van der Waals surface area contributed by atoms with E-state index in [2.05, 4.69) is 10.1 Å².